The fourth-order valence-corrected chi connectivity index (χ4v) is 5.38. The molecule has 2 saturated heterocycles. The summed E-state index contributed by atoms with van der Waals surface area (Å²) in [5.74, 6) is -1.20. The van der Waals surface area contributed by atoms with E-state index in [0.717, 1.165) is 4.47 Å². The van der Waals surface area contributed by atoms with Crippen molar-refractivity contribution in [2.24, 2.45) is 11.7 Å². The summed E-state index contributed by atoms with van der Waals surface area (Å²) in [4.78, 5) is 40.4. The number of ketones is 2. The van der Waals surface area contributed by atoms with E-state index in [4.69, 9.17) is 15.2 Å². The average molecular weight is 489 g/mol. The van der Waals surface area contributed by atoms with Crippen molar-refractivity contribution in [1.29, 1.82) is 0 Å². The van der Waals surface area contributed by atoms with Crippen LogP contribution in [-0.4, -0.2) is 60.6 Å². The minimum absolute atomic E-state index is 0.0756. The van der Waals surface area contributed by atoms with Gasteiger partial charge >= 0.3 is 6.09 Å². The van der Waals surface area contributed by atoms with Gasteiger partial charge in [-0.1, -0.05) is 15.9 Å². The van der Waals surface area contributed by atoms with Gasteiger partial charge in [-0.2, -0.15) is 0 Å². The van der Waals surface area contributed by atoms with Crippen molar-refractivity contribution in [3.05, 3.63) is 51.3 Å². The number of ether oxygens (including phenoxy) is 2. The van der Waals surface area contributed by atoms with Crippen LogP contribution in [0.5, 0.6) is 0 Å². The number of anilines is 1. The topological polar surface area (TPSA) is 133 Å². The highest BCUT2D eigenvalue weighted by atomic mass is 79.9. The molecule has 0 saturated carbocycles. The van der Waals surface area contributed by atoms with E-state index in [0.29, 0.717) is 29.1 Å². The Morgan fingerprint density at radius 2 is 2.03 bits per heavy atom. The second-order valence-corrected chi connectivity index (χ2v) is 8.97. The third kappa shape index (κ3) is 2.78. The molecule has 4 atom stereocenters. The summed E-state index contributed by atoms with van der Waals surface area (Å²) < 4.78 is 12.0. The molecule has 162 valence electrons. The monoisotopic (exact) mass is 488 g/mol. The van der Waals surface area contributed by atoms with Gasteiger partial charge in [0, 0.05) is 41.0 Å². The van der Waals surface area contributed by atoms with Crippen molar-refractivity contribution in [1.82, 2.24) is 10.2 Å². The molecule has 5 rings (SSSR count). The van der Waals surface area contributed by atoms with Gasteiger partial charge in [-0.3, -0.25) is 9.59 Å². The molecule has 0 radical (unpaired) electrons. The van der Waals surface area contributed by atoms with Crippen molar-refractivity contribution >= 4 is 39.3 Å². The van der Waals surface area contributed by atoms with Gasteiger partial charge in [-0.05, 0) is 31.2 Å². The molecule has 1 amide bonds. The highest BCUT2D eigenvalue weighted by Gasteiger charge is 2.72. The van der Waals surface area contributed by atoms with Crippen LogP contribution in [0.15, 0.2) is 51.3 Å². The zero-order valence-electron chi connectivity index (χ0n) is 16.9. The van der Waals surface area contributed by atoms with E-state index in [1.807, 2.05) is 29.2 Å². The van der Waals surface area contributed by atoms with E-state index < -0.39 is 17.7 Å². The number of hydrogen-bond acceptors (Lipinski definition) is 8. The maximum Gasteiger partial charge on any atom is 0.404 e. The van der Waals surface area contributed by atoms with Gasteiger partial charge in [-0.15, -0.1) is 0 Å². The molecule has 4 N–H and O–H groups in total. The Hall–Kier alpha value is -2.69. The summed E-state index contributed by atoms with van der Waals surface area (Å²) in [6, 6.07) is 7.37. The highest BCUT2D eigenvalue weighted by Crippen LogP contribution is 2.55. The molecule has 10 heteroatoms. The van der Waals surface area contributed by atoms with Crippen LogP contribution < -0.4 is 16.4 Å². The summed E-state index contributed by atoms with van der Waals surface area (Å²) in [5, 5.41) is 6.44. The van der Waals surface area contributed by atoms with Gasteiger partial charge in [0.2, 0.25) is 11.6 Å². The van der Waals surface area contributed by atoms with E-state index in [2.05, 4.69) is 26.6 Å². The lowest BCUT2D eigenvalue weighted by Gasteiger charge is -2.39. The Kier molecular flexibility index (Phi) is 4.51. The number of amides is 1. The second kappa shape index (κ2) is 6.91. The summed E-state index contributed by atoms with van der Waals surface area (Å²) in [6.45, 7) is 2.02. The molecule has 0 spiro atoms. The number of benzene rings is 1. The summed E-state index contributed by atoms with van der Waals surface area (Å²) in [6.07, 6.45) is -0.945. The Bertz CT molecular complexity index is 1080. The SMILES string of the molecule is CO[C@@]12C(COC(N)=O)C3=C(C(=O)C(C)=C(Nc4ccc(Br)cc4)C3=O)N1CC1NC12. The van der Waals surface area contributed by atoms with Crippen LogP contribution >= 0.6 is 15.9 Å². The van der Waals surface area contributed by atoms with E-state index in [-0.39, 0.29) is 36.0 Å². The number of carbonyl (C=O) groups is 3. The molecule has 0 bridgehead atoms. The quantitative estimate of drug-likeness (QED) is 0.416. The number of halogens is 1. The maximum atomic E-state index is 13.7. The Labute approximate surface area is 186 Å². The lowest BCUT2D eigenvalue weighted by molar-refractivity contribution is -0.137. The minimum Gasteiger partial charge on any atom is -0.449 e. The molecule has 3 unspecified atom stereocenters. The molecule has 1 aromatic rings. The normalized spacial score (nSPS) is 30.9. The first-order valence-corrected chi connectivity index (χ1v) is 10.7. The first-order chi connectivity index (χ1) is 14.8. The average Bonchev–Trinajstić information content (AvgIpc) is 3.35. The van der Waals surface area contributed by atoms with Gasteiger partial charge in [0.15, 0.2) is 5.72 Å². The fourth-order valence-electron chi connectivity index (χ4n) is 5.12. The second-order valence-electron chi connectivity index (χ2n) is 8.05. The van der Waals surface area contributed by atoms with Crippen LogP contribution in [0.25, 0.3) is 0 Å². The number of nitrogens with two attached hydrogens (primary N) is 1. The number of nitrogens with zero attached hydrogens (tertiary/aromatic N) is 1. The predicted octanol–water partition coefficient (Wildman–Crippen LogP) is 1.26. The van der Waals surface area contributed by atoms with Crippen molar-refractivity contribution in [2.75, 3.05) is 25.6 Å². The van der Waals surface area contributed by atoms with Crippen LogP contribution in [0, 0.1) is 5.92 Å². The Morgan fingerprint density at radius 1 is 1.32 bits per heavy atom. The first kappa shape index (κ1) is 20.2. The standard InChI is InChI=1S/C21H21BrN4O5/c1-9-15(24-11-5-3-10(22)4-6-11)18(28)14-12(8-31-20(23)29)21(30-2)19-13(25-19)7-26(21)16(14)17(9)27/h3-6,12-13,19,24-25H,7-8H2,1-2H3,(H2,23,29)/t12?,13?,19?,21-/m1/s1. The third-order valence-electron chi connectivity index (χ3n) is 6.54. The van der Waals surface area contributed by atoms with Gasteiger partial charge in [0.25, 0.3) is 0 Å². The molecular formula is C21H21BrN4O5. The molecule has 1 aliphatic carbocycles. The first-order valence-electron chi connectivity index (χ1n) is 9.87. The zero-order chi connectivity index (χ0) is 22.1. The van der Waals surface area contributed by atoms with Crippen molar-refractivity contribution in [3.63, 3.8) is 0 Å². The predicted molar refractivity (Wildman–Crippen MR) is 114 cm³/mol. The Morgan fingerprint density at radius 3 is 2.68 bits per heavy atom. The summed E-state index contributed by atoms with van der Waals surface area (Å²) in [7, 11) is 1.54. The zero-order valence-corrected chi connectivity index (χ0v) is 18.5. The summed E-state index contributed by atoms with van der Waals surface area (Å²) in [5.41, 5.74) is 6.08. The smallest absolute Gasteiger partial charge is 0.404 e. The number of methoxy groups -OCH3 is 1. The van der Waals surface area contributed by atoms with Gasteiger partial charge in [0.05, 0.1) is 23.4 Å². The molecular weight excluding hydrogens is 468 g/mol. The highest BCUT2D eigenvalue weighted by molar-refractivity contribution is 9.10. The molecule has 4 aliphatic rings. The van der Waals surface area contributed by atoms with Crippen molar-refractivity contribution < 1.29 is 23.9 Å². The molecule has 9 nitrogen and oxygen atoms in total. The molecule has 31 heavy (non-hydrogen) atoms. The maximum absolute atomic E-state index is 13.7. The molecule has 0 aromatic heterocycles. The Balaban J connectivity index is 1.56. The van der Waals surface area contributed by atoms with Gasteiger partial charge < -0.3 is 30.7 Å². The number of piperazine rings is 1. The molecule has 3 aliphatic heterocycles. The largest absolute Gasteiger partial charge is 0.449 e. The number of primary amides is 1. The van der Waals surface area contributed by atoms with Crippen molar-refractivity contribution in [2.45, 2.75) is 24.7 Å². The van der Waals surface area contributed by atoms with Crippen LogP contribution in [0.2, 0.25) is 0 Å². The van der Waals surface area contributed by atoms with Gasteiger partial charge in [0.1, 0.15) is 6.61 Å². The molecule has 3 heterocycles. The van der Waals surface area contributed by atoms with E-state index in [1.165, 1.54) is 0 Å². The number of Topliss-reactive ketones (excluding diaryl/α,β-unsaturated/α-hetero) is 2. The molecule has 1 aromatic carbocycles. The van der Waals surface area contributed by atoms with E-state index in [1.54, 1.807) is 14.0 Å². The lowest BCUT2D eigenvalue weighted by Crippen LogP contribution is -2.55. The minimum atomic E-state index is -0.983. The lowest BCUT2D eigenvalue weighted by atomic mass is 9.82. The fraction of sp³-hybridized carbons (Fsp3) is 0.381. The number of rotatable bonds is 5. The van der Waals surface area contributed by atoms with Crippen molar-refractivity contribution in [3.8, 4) is 0 Å². The third-order valence-corrected chi connectivity index (χ3v) is 7.07. The number of carbonyl (C=O) groups excluding carboxylic acids is 3. The van der Waals surface area contributed by atoms with E-state index >= 15 is 0 Å². The summed E-state index contributed by atoms with van der Waals surface area (Å²) >= 11 is 3.38. The number of hydrogen-bond donors (Lipinski definition) is 3. The number of fused-ring (bicyclic) bond motifs is 4. The van der Waals surface area contributed by atoms with Crippen LogP contribution in [0.1, 0.15) is 6.92 Å². The van der Waals surface area contributed by atoms with Gasteiger partial charge in [-0.25, -0.2) is 4.79 Å². The van der Waals surface area contributed by atoms with Crippen LogP contribution in [0.4, 0.5) is 10.5 Å². The number of nitrogens with one attached hydrogen (secondary N) is 2. The van der Waals surface area contributed by atoms with Crippen LogP contribution in [0.3, 0.4) is 0 Å². The molecule has 2 fully saturated rings. The number of allylic oxidation sites excluding steroid dienone is 2. The van der Waals surface area contributed by atoms with Crippen LogP contribution in [-0.2, 0) is 19.1 Å². The van der Waals surface area contributed by atoms with E-state index in [9.17, 15) is 14.4 Å².